The molecule has 0 aliphatic carbocycles. The van der Waals surface area contributed by atoms with Crippen molar-refractivity contribution in [1.82, 2.24) is 4.90 Å². The van der Waals surface area contributed by atoms with Crippen LogP contribution in [0.15, 0.2) is 42.5 Å². The summed E-state index contributed by atoms with van der Waals surface area (Å²) in [7, 11) is 1.69. The number of rotatable bonds is 5. The molecule has 6 nitrogen and oxygen atoms in total. The number of carbonyl (C=O) groups excluding carboxylic acids is 1. The molecule has 6 heteroatoms. The number of benzene rings is 2. The van der Waals surface area contributed by atoms with Gasteiger partial charge in [-0.15, -0.1) is 0 Å². The van der Waals surface area contributed by atoms with Crippen LogP contribution in [0.1, 0.15) is 18.4 Å². The number of nitrogens with zero attached hydrogens (tertiary/aromatic N) is 1. The van der Waals surface area contributed by atoms with Crippen LogP contribution in [0.2, 0.25) is 0 Å². The van der Waals surface area contributed by atoms with E-state index in [-0.39, 0.29) is 11.8 Å². The van der Waals surface area contributed by atoms with Gasteiger partial charge in [-0.25, -0.2) is 0 Å². The van der Waals surface area contributed by atoms with Crippen molar-refractivity contribution in [2.45, 2.75) is 19.4 Å². The van der Waals surface area contributed by atoms with Gasteiger partial charge < -0.3 is 19.5 Å². The highest BCUT2D eigenvalue weighted by Gasteiger charge is 2.25. The third-order valence-electron chi connectivity index (χ3n) is 5.31. The fraction of sp³-hybridized carbons (Fsp3) is 0.409. The second-order valence-corrected chi connectivity index (χ2v) is 7.25. The Hall–Kier alpha value is -2.73. The smallest absolute Gasteiger partial charge is 0.227 e. The highest BCUT2D eigenvalue weighted by molar-refractivity contribution is 5.93. The van der Waals surface area contributed by atoms with Gasteiger partial charge >= 0.3 is 0 Å². The second-order valence-electron chi connectivity index (χ2n) is 7.25. The predicted octanol–water partition coefficient (Wildman–Crippen LogP) is 3.32. The number of likely N-dealkylation sites (tertiary alicyclic amines) is 1. The molecule has 0 atom stereocenters. The average molecular weight is 382 g/mol. The lowest BCUT2D eigenvalue weighted by Crippen LogP contribution is -2.37. The lowest BCUT2D eigenvalue weighted by Gasteiger charge is -2.31. The van der Waals surface area contributed by atoms with Crippen molar-refractivity contribution in [3.05, 3.63) is 48.0 Å². The molecule has 2 aliphatic heterocycles. The first-order valence-corrected chi connectivity index (χ1v) is 9.77. The van der Waals surface area contributed by atoms with Crippen LogP contribution in [0.25, 0.3) is 0 Å². The number of piperidine rings is 1. The second kappa shape index (κ2) is 8.52. The molecule has 2 aliphatic rings. The van der Waals surface area contributed by atoms with Crippen LogP contribution in [-0.2, 0) is 11.3 Å². The van der Waals surface area contributed by atoms with Gasteiger partial charge in [0.1, 0.15) is 19.0 Å². The van der Waals surface area contributed by atoms with Crippen LogP contribution < -0.4 is 19.5 Å². The fourth-order valence-electron chi connectivity index (χ4n) is 3.75. The maximum atomic E-state index is 12.7. The van der Waals surface area contributed by atoms with E-state index in [4.69, 9.17) is 14.2 Å². The molecule has 2 aromatic rings. The van der Waals surface area contributed by atoms with Gasteiger partial charge in [0.15, 0.2) is 11.5 Å². The molecule has 0 radical (unpaired) electrons. The maximum Gasteiger partial charge on any atom is 0.227 e. The summed E-state index contributed by atoms with van der Waals surface area (Å²) in [6.07, 6.45) is 1.72. The number of hydrogen-bond acceptors (Lipinski definition) is 5. The van der Waals surface area contributed by atoms with Gasteiger partial charge in [0, 0.05) is 24.2 Å². The summed E-state index contributed by atoms with van der Waals surface area (Å²) in [5.74, 6) is 2.42. The number of amides is 1. The van der Waals surface area contributed by atoms with Crippen LogP contribution in [0.4, 0.5) is 5.69 Å². The van der Waals surface area contributed by atoms with Crippen LogP contribution in [-0.4, -0.2) is 44.2 Å². The minimum absolute atomic E-state index is 0.0368. The van der Waals surface area contributed by atoms with Gasteiger partial charge in [-0.3, -0.25) is 9.69 Å². The van der Waals surface area contributed by atoms with E-state index >= 15 is 0 Å². The highest BCUT2D eigenvalue weighted by Crippen LogP contribution is 2.33. The van der Waals surface area contributed by atoms with E-state index in [1.165, 1.54) is 5.56 Å². The summed E-state index contributed by atoms with van der Waals surface area (Å²) in [5, 5.41) is 3.03. The lowest BCUT2D eigenvalue weighted by molar-refractivity contribution is -0.121. The van der Waals surface area contributed by atoms with Crippen molar-refractivity contribution in [1.29, 1.82) is 0 Å². The van der Waals surface area contributed by atoms with Crippen molar-refractivity contribution in [2.75, 3.05) is 38.7 Å². The zero-order valence-corrected chi connectivity index (χ0v) is 16.1. The molecule has 1 N–H and O–H groups in total. The molecule has 1 saturated heterocycles. The molecule has 148 valence electrons. The fourth-order valence-corrected chi connectivity index (χ4v) is 3.75. The number of methoxy groups -OCH3 is 1. The number of carbonyl (C=O) groups is 1. The van der Waals surface area contributed by atoms with Crippen LogP contribution in [0.3, 0.4) is 0 Å². The van der Waals surface area contributed by atoms with E-state index in [9.17, 15) is 4.79 Å². The van der Waals surface area contributed by atoms with Crippen molar-refractivity contribution in [2.24, 2.45) is 5.92 Å². The molecule has 0 bridgehead atoms. The zero-order chi connectivity index (χ0) is 19.3. The summed E-state index contributed by atoms with van der Waals surface area (Å²) in [5.41, 5.74) is 1.99. The number of hydrogen-bond donors (Lipinski definition) is 1. The van der Waals surface area contributed by atoms with Crippen molar-refractivity contribution in [3.63, 3.8) is 0 Å². The van der Waals surface area contributed by atoms with Crippen molar-refractivity contribution >= 4 is 11.6 Å². The zero-order valence-electron chi connectivity index (χ0n) is 16.1. The van der Waals surface area contributed by atoms with Gasteiger partial charge in [-0.1, -0.05) is 12.1 Å². The molecule has 0 saturated carbocycles. The van der Waals surface area contributed by atoms with E-state index in [0.29, 0.717) is 19.0 Å². The molecule has 2 aromatic carbocycles. The van der Waals surface area contributed by atoms with Crippen molar-refractivity contribution in [3.8, 4) is 17.2 Å². The third-order valence-corrected chi connectivity index (χ3v) is 5.31. The molecule has 1 fully saturated rings. The minimum Gasteiger partial charge on any atom is -0.497 e. The Kier molecular flexibility index (Phi) is 5.67. The number of fused-ring (bicyclic) bond motifs is 1. The first kappa shape index (κ1) is 18.6. The number of nitrogens with one attached hydrogen (secondary N) is 1. The molecule has 4 rings (SSSR count). The van der Waals surface area contributed by atoms with Gasteiger partial charge in [0.25, 0.3) is 0 Å². The van der Waals surface area contributed by atoms with Crippen molar-refractivity contribution < 1.29 is 19.0 Å². The Morgan fingerprint density at radius 2 is 1.89 bits per heavy atom. The summed E-state index contributed by atoms with van der Waals surface area (Å²) in [4.78, 5) is 15.1. The first-order valence-electron chi connectivity index (χ1n) is 9.77. The topological polar surface area (TPSA) is 60.0 Å². The molecular formula is C22H26N2O4. The molecule has 28 heavy (non-hydrogen) atoms. The Bertz CT molecular complexity index is 831. The maximum absolute atomic E-state index is 12.7. The Morgan fingerprint density at radius 1 is 1.11 bits per heavy atom. The Balaban J connectivity index is 1.29. The van der Waals surface area contributed by atoms with Crippen LogP contribution >= 0.6 is 0 Å². The minimum atomic E-state index is 0.0368. The van der Waals surface area contributed by atoms with E-state index < -0.39 is 0 Å². The first-order chi connectivity index (χ1) is 13.7. The predicted molar refractivity (Wildman–Crippen MR) is 107 cm³/mol. The molecule has 0 unspecified atom stereocenters. The normalized spacial score (nSPS) is 17.2. The molecule has 2 heterocycles. The quantitative estimate of drug-likeness (QED) is 0.860. The molecule has 0 spiro atoms. The van der Waals surface area contributed by atoms with Crippen LogP contribution in [0.5, 0.6) is 17.2 Å². The Labute approximate surface area is 165 Å². The number of anilines is 1. The molecular weight excluding hydrogens is 356 g/mol. The third kappa shape index (κ3) is 4.39. The molecule has 1 amide bonds. The van der Waals surface area contributed by atoms with Gasteiger partial charge in [0.2, 0.25) is 5.91 Å². The summed E-state index contributed by atoms with van der Waals surface area (Å²) >= 11 is 0. The van der Waals surface area contributed by atoms with Crippen LogP contribution in [0, 0.1) is 5.92 Å². The van der Waals surface area contributed by atoms with E-state index in [1.807, 2.05) is 30.3 Å². The van der Waals surface area contributed by atoms with E-state index in [0.717, 1.165) is 49.7 Å². The summed E-state index contributed by atoms with van der Waals surface area (Å²) < 4.78 is 16.4. The molecule has 0 aromatic heterocycles. The van der Waals surface area contributed by atoms with E-state index in [2.05, 4.69) is 22.3 Å². The summed E-state index contributed by atoms with van der Waals surface area (Å²) in [6.45, 7) is 3.81. The van der Waals surface area contributed by atoms with Gasteiger partial charge in [-0.05, 0) is 55.8 Å². The van der Waals surface area contributed by atoms with Gasteiger partial charge in [-0.2, -0.15) is 0 Å². The standard InChI is InChI=1S/C22H26N2O4/c1-26-19-4-2-3-16(13-19)15-24-9-7-17(8-10-24)22(25)23-18-5-6-20-21(14-18)28-12-11-27-20/h2-6,13-14,17H,7-12,15H2,1H3,(H,23,25). The highest BCUT2D eigenvalue weighted by atomic mass is 16.6. The largest absolute Gasteiger partial charge is 0.497 e. The number of ether oxygens (including phenoxy) is 3. The SMILES string of the molecule is COc1cccc(CN2CCC(C(=O)Nc3ccc4c(c3)OCCO4)CC2)c1. The lowest BCUT2D eigenvalue weighted by atomic mass is 9.95. The average Bonchev–Trinajstić information content (AvgIpc) is 2.74. The Morgan fingerprint density at radius 3 is 2.68 bits per heavy atom. The monoisotopic (exact) mass is 382 g/mol. The van der Waals surface area contributed by atoms with E-state index in [1.54, 1.807) is 7.11 Å². The summed E-state index contributed by atoms with van der Waals surface area (Å²) in [6, 6.07) is 13.7. The van der Waals surface area contributed by atoms with Gasteiger partial charge in [0.05, 0.1) is 7.11 Å².